The lowest BCUT2D eigenvalue weighted by Gasteiger charge is -2.32. The number of anilines is 1. The molecule has 2 aromatic carbocycles. The quantitative estimate of drug-likeness (QED) is 0.853. The van der Waals surface area contributed by atoms with Gasteiger partial charge in [0.2, 0.25) is 11.8 Å². The highest BCUT2D eigenvalue weighted by Crippen LogP contribution is 2.22. The SMILES string of the molecule is O=C(Nc1ccc(Cl)c(F)c1)C1CCCN(C(=O)Cc2ccc(F)cc2)C1. The fourth-order valence-electron chi connectivity index (χ4n) is 3.12. The van der Waals surface area contributed by atoms with Gasteiger partial charge in [-0.25, -0.2) is 8.78 Å². The van der Waals surface area contributed by atoms with Gasteiger partial charge < -0.3 is 10.2 Å². The third kappa shape index (κ3) is 5.04. The molecule has 2 amide bonds. The van der Waals surface area contributed by atoms with Crippen LogP contribution in [0, 0.1) is 17.6 Å². The summed E-state index contributed by atoms with van der Waals surface area (Å²) in [6.07, 6.45) is 1.53. The summed E-state index contributed by atoms with van der Waals surface area (Å²) in [5.74, 6) is -1.67. The number of benzene rings is 2. The van der Waals surface area contributed by atoms with Gasteiger partial charge in [0, 0.05) is 18.8 Å². The summed E-state index contributed by atoms with van der Waals surface area (Å²) in [6.45, 7) is 0.890. The van der Waals surface area contributed by atoms with Crippen LogP contribution < -0.4 is 5.32 Å². The molecule has 0 radical (unpaired) electrons. The molecule has 1 fully saturated rings. The zero-order valence-electron chi connectivity index (χ0n) is 14.6. The third-order valence-electron chi connectivity index (χ3n) is 4.60. The molecular weight excluding hydrogens is 374 g/mol. The van der Waals surface area contributed by atoms with Gasteiger partial charge in [0.1, 0.15) is 11.6 Å². The van der Waals surface area contributed by atoms with Gasteiger partial charge in [-0.2, -0.15) is 0 Å². The van der Waals surface area contributed by atoms with Crippen LogP contribution in [0.1, 0.15) is 18.4 Å². The van der Waals surface area contributed by atoms with Crippen LogP contribution in [0.4, 0.5) is 14.5 Å². The molecule has 1 N–H and O–H groups in total. The molecule has 1 aliphatic rings. The summed E-state index contributed by atoms with van der Waals surface area (Å²) in [4.78, 5) is 26.6. The number of rotatable bonds is 4. The number of nitrogens with zero attached hydrogens (tertiary/aromatic N) is 1. The van der Waals surface area contributed by atoms with E-state index in [0.717, 1.165) is 5.56 Å². The van der Waals surface area contributed by atoms with E-state index >= 15 is 0 Å². The van der Waals surface area contributed by atoms with Crippen LogP contribution in [0.2, 0.25) is 5.02 Å². The highest BCUT2D eigenvalue weighted by atomic mass is 35.5. The molecule has 1 atom stereocenters. The second-order valence-corrected chi connectivity index (χ2v) is 7.01. The van der Waals surface area contributed by atoms with Crippen LogP contribution in [-0.4, -0.2) is 29.8 Å². The van der Waals surface area contributed by atoms with Crippen LogP contribution in [-0.2, 0) is 16.0 Å². The molecular formula is C20H19ClF2N2O2. The minimum absolute atomic E-state index is 0.0109. The topological polar surface area (TPSA) is 49.4 Å². The summed E-state index contributed by atoms with van der Waals surface area (Å²) in [6, 6.07) is 9.88. The largest absolute Gasteiger partial charge is 0.342 e. The average Bonchev–Trinajstić information content (AvgIpc) is 2.66. The first kappa shape index (κ1) is 19.3. The third-order valence-corrected chi connectivity index (χ3v) is 4.91. The Morgan fingerprint density at radius 1 is 1.15 bits per heavy atom. The molecule has 0 aromatic heterocycles. The van der Waals surface area contributed by atoms with Crippen molar-refractivity contribution in [2.24, 2.45) is 5.92 Å². The number of carbonyl (C=O) groups is 2. The fourth-order valence-corrected chi connectivity index (χ4v) is 3.24. The minimum atomic E-state index is -0.603. The Kier molecular flexibility index (Phi) is 6.06. The molecule has 1 heterocycles. The van der Waals surface area contributed by atoms with Gasteiger partial charge in [0.15, 0.2) is 0 Å². The molecule has 27 heavy (non-hydrogen) atoms. The number of piperidine rings is 1. The molecule has 3 rings (SSSR count). The first-order valence-corrected chi connectivity index (χ1v) is 9.08. The van der Waals surface area contributed by atoms with Gasteiger partial charge in [0.05, 0.1) is 17.4 Å². The monoisotopic (exact) mass is 392 g/mol. The summed E-state index contributed by atoms with van der Waals surface area (Å²) in [7, 11) is 0. The zero-order valence-corrected chi connectivity index (χ0v) is 15.3. The molecule has 0 bridgehead atoms. The standard InChI is InChI=1S/C20H19ClF2N2O2/c21-17-8-7-16(11-18(17)23)24-20(27)14-2-1-9-25(12-14)19(26)10-13-3-5-15(22)6-4-13/h3-8,11,14H,1-2,9-10,12H2,(H,24,27). The summed E-state index contributed by atoms with van der Waals surface area (Å²) < 4.78 is 26.5. The molecule has 1 unspecified atom stereocenters. The van der Waals surface area contributed by atoms with Gasteiger partial charge in [0.25, 0.3) is 0 Å². The van der Waals surface area contributed by atoms with Gasteiger partial charge in [-0.05, 0) is 48.7 Å². The molecule has 0 saturated carbocycles. The molecule has 1 saturated heterocycles. The molecule has 2 aromatic rings. The molecule has 1 aliphatic heterocycles. The second-order valence-electron chi connectivity index (χ2n) is 6.60. The maximum atomic E-state index is 13.5. The van der Waals surface area contributed by atoms with Crippen LogP contribution in [0.15, 0.2) is 42.5 Å². The summed E-state index contributed by atoms with van der Waals surface area (Å²) >= 11 is 5.64. The lowest BCUT2D eigenvalue weighted by Crippen LogP contribution is -2.44. The van der Waals surface area contributed by atoms with Gasteiger partial charge >= 0.3 is 0 Å². The Hall–Kier alpha value is -2.47. The van der Waals surface area contributed by atoms with Crippen LogP contribution in [0.3, 0.4) is 0 Å². The van der Waals surface area contributed by atoms with Crippen molar-refractivity contribution in [3.8, 4) is 0 Å². The van der Waals surface area contributed by atoms with E-state index < -0.39 is 5.82 Å². The lowest BCUT2D eigenvalue weighted by atomic mass is 9.96. The van der Waals surface area contributed by atoms with E-state index in [9.17, 15) is 18.4 Å². The molecule has 0 aliphatic carbocycles. The van der Waals surface area contributed by atoms with E-state index in [4.69, 9.17) is 11.6 Å². The Balaban J connectivity index is 1.59. The van der Waals surface area contributed by atoms with Crippen molar-refractivity contribution in [2.45, 2.75) is 19.3 Å². The first-order valence-electron chi connectivity index (χ1n) is 8.70. The van der Waals surface area contributed by atoms with Crippen molar-refractivity contribution in [2.75, 3.05) is 18.4 Å². The maximum absolute atomic E-state index is 13.5. The van der Waals surface area contributed by atoms with E-state index in [2.05, 4.69) is 5.32 Å². The Morgan fingerprint density at radius 2 is 1.89 bits per heavy atom. The van der Waals surface area contributed by atoms with Crippen LogP contribution >= 0.6 is 11.6 Å². The number of likely N-dealkylation sites (tertiary alicyclic amines) is 1. The van der Waals surface area contributed by atoms with Crippen molar-refractivity contribution >= 4 is 29.1 Å². The molecule has 0 spiro atoms. The molecule has 4 nitrogen and oxygen atoms in total. The number of halogens is 3. The van der Waals surface area contributed by atoms with Gasteiger partial charge in [-0.15, -0.1) is 0 Å². The van der Waals surface area contributed by atoms with E-state index in [0.29, 0.717) is 31.6 Å². The normalized spacial score (nSPS) is 16.9. The highest BCUT2D eigenvalue weighted by Gasteiger charge is 2.28. The van der Waals surface area contributed by atoms with Crippen molar-refractivity contribution in [3.63, 3.8) is 0 Å². The van der Waals surface area contributed by atoms with Crippen molar-refractivity contribution in [3.05, 3.63) is 64.7 Å². The van der Waals surface area contributed by atoms with E-state index in [1.165, 1.54) is 30.3 Å². The second kappa shape index (κ2) is 8.48. The maximum Gasteiger partial charge on any atom is 0.229 e. The van der Waals surface area contributed by atoms with Crippen LogP contribution in [0.25, 0.3) is 0 Å². The van der Waals surface area contributed by atoms with Crippen LogP contribution in [0.5, 0.6) is 0 Å². The number of nitrogens with one attached hydrogen (secondary N) is 1. The Morgan fingerprint density at radius 3 is 2.59 bits per heavy atom. The number of hydrogen-bond donors (Lipinski definition) is 1. The van der Waals surface area contributed by atoms with E-state index in [1.54, 1.807) is 17.0 Å². The molecule has 142 valence electrons. The minimum Gasteiger partial charge on any atom is -0.342 e. The van der Waals surface area contributed by atoms with E-state index in [1.807, 2.05) is 0 Å². The van der Waals surface area contributed by atoms with Crippen molar-refractivity contribution in [1.29, 1.82) is 0 Å². The van der Waals surface area contributed by atoms with Crippen molar-refractivity contribution < 1.29 is 18.4 Å². The predicted octanol–water partition coefficient (Wildman–Crippen LogP) is 4.04. The smallest absolute Gasteiger partial charge is 0.229 e. The average molecular weight is 393 g/mol. The highest BCUT2D eigenvalue weighted by molar-refractivity contribution is 6.30. The first-order chi connectivity index (χ1) is 12.9. The lowest BCUT2D eigenvalue weighted by molar-refractivity contribution is -0.133. The van der Waals surface area contributed by atoms with Crippen molar-refractivity contribution in [1.82, 2.24) is 4.90 Å². The number of hydrogen-bond acceptors (Lipinski definition) is 2. The Labute approximate surface area is 161 Å². The van der Waals surface area contributed by atoms with E-state index in [-0.39, 0.29) is 35.0 Å². The number of amides is 2. The van der Waals surface area contributed by atoms with Gasteiger partial charge in [-0.1, -0.05) is 23.7 Å². The summed E-state index contributed by atoms with van der Waals surface area (Å²) in [5, 5.41) is 2.67. The fraction of sp³-hybridized carbons (Fsp3) is 0.300. The van der Waals surface area contributed by atoms with Gasteiger partial charge in [-0.3, -0.25) is 9.59 Å². The number of carbonyl (C=O) groups excluding carboxylic acids is 2. The molecule has 7 heteroatoms. The summed E-state index contributed by atoms with van der Waals surface area (Å²) in [5.41, 5.74) is 1.06. The Bertz CT molecular complexity index is 842. The predicted molar refractivity (Wildman–Crippen MR) is 99.4 cm³/mol. The zero-order chi connectivity index (χ0) is 19.4.